The summed E-state index contributed by atoms with van der Waals surface area (Å²) in [6.45, 7) is 2.54. The van der Waals surface area contributed by atoms with Gasteiger partial charge in [-0.25, -0.2) is 4.90 Å². The number of nitrogens with one attached hydrogen (secondary N) is 2. The maximum Gasteiger partial charge on any atom is 0.251 e. The van der Waals surface area contributed by atoms with Crippen LogP contribution >= 0.6 is 0 Å². The van der Waals surface area contributed by atoms with Crippen LogP contribution in [0.25, 0.3) is 10.9 Å². The Morgan fingerprint density at radius 3 is 2.86 bits per heavy atom. The summed E-state index contributed by atoms with van der Waals surface area (Å²) in [4.78, 5) is 29.9. The number of nitrogens with zero attached hydrogens (tertiary/aromatic N) is 1. The number of para-hydroxylation sites is 1. The van der Waals surface area contributed by atoms with Gasteiger partial charge in [-0.2, -0.15) is 0 Å². The molecule has 2 heterocycles. The monoisotopic (exact) mass is 377 g/mol. The van der Waals surface area contributed by atoms with E-state index in [0.717, 1.165) is 17.5 Å². The van der Waals surface area contributed by atoms with Crippen molar-refractivity contribution in [1.82, 2.24) is 10.3 Å². The van der Waals surface area contributed by atoms with Gasteiger partial charge in [-0.1, -0.05) is 24.3 Å². The maximum absolute atomic E-state index is 12.9. The molecule has 2 amide bonds. The Bertz CT molecular complexity index is 1040. The number of aryl methyl sites for hydroxylation is 1. The summed E-state index contributed by atoms with van der Waals surface area (Å²) in [7, 11) is 1.54. The van der Waals surface area contributed by atoms with E-state index in [0.29, 0.717) is 18.0 Å². The molecule has 3 aromatic rings. The van der Waals surface area contributed by atoms with Crippen molar-refractivity contribution in [1.29, 1.82) is 0 Å². The van der Waals surface area contributed by atoms with Gasteiger partial charge in [0.1, 0.15) is 5.75 Å². The second-order valence-corrected chi connectivity index (χ2v) is 7.06. The van der Waals surface area contributed by atoms with Crippen LogP contribution in [0.1, 0.15) is 17.5 Å². The predicted molar refractivity (Wildman–Crippen MR) is 109 cm³/mol. The predicted octanol–water partition coefficient (Wildman–Crippen LogP) is 2.95. The van der Waals surface area contributed by atoms with Crippen LogP contribution in [0.4, 0.5) is 5.69 Å². The fraction of sp³-hybridized carbons (Fsp3) is 0.273. The van der Waals surface area contributed by atoms with Crippen molar-refractivity contribution in [2.45, 2.75) is 25.8 Å². The molecule has 0 aliphatic carbocycles. The van der Waals surface area contributed by atoms with Crippen molar-refractivity contribution in [3.05, 3.63) is 59.8 Å². The van der Waals surface area contributed by atoms with E-state index in [-0.39, 0.29) is 18.2 Å². The Morgan fingerprint density at radius 2 is 2.04 bits per heavy atom. The molecule has 28 heavy (non-hydrogen) atoms. The largest absolute Gasteiger partial charge is 0.495 e. The van der Waals surface area contributed by atoms with Crippen LogP contribution in [-0.4, -0.2) is 36.5 Å². The Kier molecular flexibility index (Phi) is 4.88. The summed E-state index contributed by atoms with van der Waals surface area (Å²) in [5.74, 6) is 0.0815. The first-order valence-electron chi connectivity index (χ1n) is 9.38. The molecule has 1 atom stereocenters. The van der Waals surface area contributed by atoms with E-state index in [1.807, 2.05) is 43.5 Å². The number of benzene rings is 2. The summed E-state index contributed by atoms with van der Waals surface area (Å²) in [6, 6.07) is 13.1. The van der Waals surface area contributed by atoms with Gasteiger partial charge < -0.3 is 15.0 Å². The first kappa shape index (κ1) is 18.3. The summed E-state index contributed by atoms with van der Waals surface area (Å²) in [5, 5.41) is 4.43. The number of aromatic nitrogens is 1. The number of H-pyrrole nitrogens is 1. The molecule has 1 fully saturated rings. The number of imide groups is 1. The Hall–Kier alpha value is -3.12. The molecule has 2 N–H and O–H groups in total. The summed E-state index contributed by atoms with van der Waals surface area (Å²) < 4.78 is 5.35. The third kappa shape index (κ3) is 3.27. The lowest BCUT2D eigenvalue weighted by Gasteiger charge is -2.19. The van der Waals surface area contributed by atoms with Crippen molar-refractivity contribution < 1.29 is 14.3 Å². The van der Waals surface area contributed by atoms with E-state index in [4.69, 9.17) is 4.74 Å². The maximum atomic E-state index is 12.9. The van der Waals surface area contributed by atoms with Crippen molar-refractivity contribution in [3.63, 3.8) is 0 Å². The molecule has 144 valence electrons. The summed E-state index contributed by atoms with van der Waals surface area (Å²) in [6.07, 6.45) is 2.93. The van der Waals surface area contributed by atoms with Crippen LogP contribution in [0.15, 0.2) is 48.7 Å². The second kappa shape index (κ2) is 7.48. The van der Waals surface area contributed by atoms with Gasteiger partial charge in [-0.05, 0) is 42.7 Å². The number of hydrogen-bond acceptors (Lipinski definition) is 4. The number of hydrogen-bond donors (Lipinski definition) is 2. The van der Waals surface area contributed by atoms with E-state index in [9.17, 15) is 9.59 Å². The molecule has 1 aromatic heterocycles. The lowest BCUT2D eigenvalue weighted by atomic mass is 10.1. The molecule has 0 spiro atoms. The SMILES string of the molecule is COc1ccc(C)cc1N1C(=O)CC(NCCc2c[nH]c3ccccc23)C1=O. The third-order valence-electron chi connectivity index (χ3n) is 5.18. The molecule has 0 bridgehead atoms. The van der Waals surface area contributed by atoms with E-state index in [1.54, 1.807) is 6.07 Å². The van der Waals surface area contributed by atoms with Gasteiger partial charge >= 0.3 is 0 Å². The fourth-order valence-corrected chi connectivity index (χ4v) is 3.74. The molecule has 1 aliphatic heterocycles. The topological polar surface area (TPSA) is 74.4 Å². The average Bonchev–Trinajstić information content (AvgIpc) is 3.22. The van der Waals surface area contributed by atoms with Crippen LogP contribution in [0.3, 0.4) is 0 Å². The van der Waals surface area contributed by atoms with Gasteiger partial charge in [0.15, 0.2) is 0 Å². The van der Waals surface area contributed by atoms with Crippen molar-refractivity contribution in [2.24, 2.45) is 0 Å². The first-order chi connectivity index (χ1) is 13.6. The highest BCUT2D eigenvalue weighted by atomic mass is 16.5. The molecular weight excluding hydrogens is 354 g/mol. The highest BCUT2D eigenvalue weighted by Crippen LogP contribution is 2.33. The second-order valence-electron chi connectivity index (χ2n) is 7.06. The normalized spacial score (nSPS) is 16.9. The third-order valence-corrected chi connectivity index (χ3v) is 5.18. The fourth-order valence-electron chi connectivity index (χ4n) is 3.74. The Labute approximate surface area is 163 Å². The van der Waals surface area contributed by atoms with E-state index in [1.165, 1.54) is 23.0 Å². The number of amides is 2. The molecule has 0 saturated carbocycles. The lowest BCUT2D eigenvalue weighted by Crippen LogP contribution is -2.39. The Balaban J connectivity index is 1.45. The zero-order valence-corrected chi connectivity index (χ0v) is 16.0. The minimum atomic E-state index is -0.511. The summed E-state index contributed by atoms with van der Waals surface area (Å²) >= 11 is 0. The van der Waals surface area contributed by atoms with E-state index < -0.39 is 6.04 Å². The molecule has 4 rings (SSSR count). The average molecular weight is 377 g/mol. The zero-order chi connectivity index (χ0) is 19.7. The number of aromatic amines is 1. The molecule has 6 nitrogen and oxygen atoms in total. The number of carbonyl (C=O) groups excluding carboxylic acids is 2. The van der Waals surface area contributed by atoms with Gasteiger partial charge in [-0.15, -0.1) is 0 Å². The van der Waals surface area contributed by atoms with Gasteiger partial charge in [0, 0.05) is 23.6 Å². The van der Waals surface area contributed by atoms with E-state index in [2.05, 4.69) is 16.4 Å². The quantitative estimate of drug-likeness (QED) is 0.648. The van der Waals surface area contributed by atoms with Crippen molar-refractivity contribution >= 4 is 28.4 Å². The highest BCUT2D eigenvalue weighted by molar-refractivity contribution is 6.23. The highest BCUT2D eigenvalue weighted by Gasteiger charge is 2.40. The van der Waals surface area contributed by atoms with Crippen LogP contribution < -0.4 is 15.0 Å². The zero-order valence-electron chi connectivity index (χ0n) is 16.0. The molecule has 2 aromatic carbocycles. The van der Waals surface area contributed by atoms with Crippen molar-refractivity contribution in [2.75, 3.05) is 18.6 Å². The van der Waals surface area contributed by atoms with Gasteiger partial charge in [0.2, 0.25) is 5.91 Å². The minimum Gasteiger partial charge on any atom is -0.495 e. The standard InChI is InChI=1S/C22H23N3O3/c1-14-7-8-20(28-2)19(11-14)25-21(26)12-18(22(25)27)23-10-9-15-13-24-17-6-4-3-5-16(15)17/h3-8,11,13,18,23-24H,9-10,12H2,1-2H3. The summed E-state index contributed by atoms with van der Waals surface area (Å²) in [5.41, 5.74) is 3.77. The number of anilines is 1. The molecule has 6 heteroatoms. The molecule has 1 unspecified atom stereocenters. The number of rotatable bonds is 6. The number of ether oxygens (including phenoxy) is 1. The number of carbonyl (C=O) groups is 2. The van der Waals surface area contributed by atoms with Gasteiger partial charge in [-0.3, -0.25) is 9.59 Å². The minimum absolute atomic E-state index is 0.157. The first-order valence-corrected chi connectivity index (χ1v) is 9.38. The molecule has 0 radical (unpaired) electrons. The van der Waals surface area contributed by atoms with Crippen LogP contribution in [0.2, 0.25) is 0 Å². The van der Waals surface area contributed by atoms with Crippen molar-refractivity contribution in [3.8, 4) is 5.75 Å². The smallest absolute Gasteiger partial charge is 0.251 e. The van der Waals surface area contributed by atoms with Gasteiger partial charge in [0.05, 0.1) is 25.3 Å². The van der Waals surface area contributed by atoms with Gasteiger partial charge in [0.25, 0.3) is 5.91 Å². The van der Waals surface area contributed by atoms with Crippen LogP contribution in [0, 0.1) is 6.92 Å². The van der Waals surface area contributed by atoms with Crippen LogP contribution in [-0.2, 0) is 16.0 Å². The number of fused-ring (bicyclic) bond motifs is 1. The number of methoxy groups -OCH3 is 1. The molecule has 1 saturated heterocycles. The lowest BCUT2D eigenvalue weighted by molar-refractivity contribution is -0.121. The Morgan fingerprint density at radius 1 is 1.21 bits per heavy atom. The van der Waals surface area contributed by atoms with E-state index >= 15 is 0 Å². The van der Waals surface area contributed by atoms with Crippen LogP contribution in [0.5, 0.6) is 5.75 Å². The molecule has 1 aliphatic rings. The molecular formula is C22H23N3O3.